The predicted molar refractivity (Wildman–Crippen MR) is 119 cm³/mol. The summed E-state index contributed by atoms with van der Waals surface area (Å²) < 4.78 is 0. The minimum absolute atomic E-state index is 0.00560. The monoisotopic (exact) mass is 423 g/mol. The van der Waals surface area contributed by atoms with Crippen LogP contribution in [0.15, 0.2) is 48.8 Å². The minimum atomic E-state index is -0.00565. The number of anilines is 2. The number of aromatic nitrogens is 2. The molecule has 0 bridgehead atoms. The van der Waals surface area contributed by atoms with Crippen LogP contribution in [0.4, 0.5) is 16.4 Å². The summed E-state index contributed by atoms with van der Waals surface area (Å²) in [5.74, 6) is 0.709. The van der Waals surface area contributed by atoms with Crippen molar-refractivity contribution < 1.29 is 9.59 Å². The van der Waals surface area contributed by atoms with Crippen LogP contribution in [0.25, 0.3) is 0 Å². The lowest BCUT2D eigenvalue weighted by Crippen LogP contribution is -2.55. The number of carbonyl (C=O) groups is 2. The maximum atomic E-state index is 12.7. The van der Waals surface area contributed by atoms with Crippen LogP contribution in [-0.4, -0.2) is 83.6 Å². The maximum absolute atomic E-state index is 12.7. The first-order chi connectivity index (χ1) is 15.2. The van der Waals surface area contributed by atoms with Crippen molar-refractivity contribution in [1.82, 2.24) is 25.1 Å². The zero-order valence-corrected chi connectivity index (χ0v) is 17.6. The number of nitrogens with one attached hydrogen (secondary N) is 2. The smallest absolute Gasteiger partial charge is 0.317 e. The number of piperazine rings is 1. The molecule has 9 nitrogen and oxygen atoms in total. The average molecular weight is 424 g/mol. The highest BCUT2D eigenvalue weighted by Crippen LogP contribution is 2.13. The van der Waals surface area contributed by atoms with Crippen molar-refractivity contribution >= 4 is 23.6 Å². The summed E-state index contributed by atoms with van der Waals surface area (Å²) in [7, 11) is 0. The fourth-order valence-electron chi connectivity index (χ4n) is 3.99. The van der Waals surface area contributed by atoms with Crippen molar-refractivity contribution in [3.63, 3.8) is 0 Å². The fourth-order valence-corrected chi connectivity index (χ4v) is 3.99. The van der Waals surface area contributed by atoms with Crippen molar-refractivity contribution in [1.29, 1.82) is 0 Å². The first-order valence-corrected chi connectivity index (χ1v) is 10.8. The average Bonchev–Trinajstić information content (AvgIpc) is 2.81. The predicted octanol–water partition coefficient (Wildman–Crippen LogP) is 1.41. The Morgan fingerprint density at radius 1 is 0.903 bits per heavy atom. The first-order valence-electron chi connectivity index (χ1n) is 10.8. The molecule has 0 saturated carbocycles. The molecular formula is C22H29N7O2. The molecule has 3 heterocycles. The van der Waals surface area contributed by atoms with Crippen LogP contribution in [-0.2, 0) is 4.79 Å². The topological polar surface area (TPSA) is 93.7 Å². The molecule has 2 N–H and O–H groups in total. The summed E-state index contributed by atoms with van der Waals surface area (Å²) in [4.78, 5) is 39.6. The van der Waals surface area contributed by atoms with Crippen LogP contribution in [0.5, 0.6) is 0 Å². The van der Waals surface area contributed by atoms with E-state index in [4.69, 9.17) is 0 Å². The summed E-state index contributed by atoms with van der Waals surface area (Å²) in [6.07, 6.45) is 5.17. The van der Waals surface area contributed by atoms with Crippen molar-refractivity contribution in [3.8, 4) is 0 Å². The summed E-state index contributed by atoms with van der Waals surface area (Å²) in [6, 6.07) is 11.4. The number of urea groups is 1. The molecule has 9 heteroatoms. The number of carbonyl (C=O) groups excluding carboxylic acids is 2. The van der Waals surface area contributed by atoms with Crippen LogP contribution in [0.3, 0.4) is 0 Å². The third kappa shape index (κ3) is 5.91. The van der Waals surface area contributed by atoms with Gasteiger partial charge in [-0.3, -0.25) is 9.69 Å². The molecule has 0 spiro atoms. The molecule has 1 aromatic carbocycles. The highest BCUT2D eigenvalue weighted by Gasteiger charge is 2.26. The zero-order chi connectivity index (χ0) is 21.5. The molecule has 1 aromatic heterocycles. The van der Waals surface area contributed by atoms with E-state index in [2.05, 4.69) is 30.4 Å². The molecule has 0 radical (unpaired) electrons. The normalized spacial score (nSPS) is 17.9. The molecule has 0 atom stereocenters. The van der Waals surface area contributed by atoms with E-state index in [-0.39, 0.29) is 18.0 Å². The number of piperidine rings is 1. The van der Waals surface area contributed by atoms with Crippen molar-refractivity contribution in [2.24, 2.45) is 0 Å². The van der Waals surface area contributed by atoms with E-state index in [1.165, 1.54) is 0 Å². The third-order valence-electron chi connectivity index (χ3n) is 5.74. The van der Waals surface area contributed by atoms with Crippen LogP contribution < -0.4 is 15.5 Å². The fraction of sp³-hybridized carbons (Fsp3) is 0.455. The number of rotatable bonds is 5. The van der Waals surface area contributed by atoms with Gasteiger partial charge in [-0.15, -0.1) is 0 Å². The molecule has 4 rings (SSSR count). The number of para-hydroxylation sites is 1. The Morgan fingerprint density at radius 3 is 2.26 bits per heavy atom. The Hall–Kier alpha value is -3.20. The van der Waals surface area contributed by atoms with Gasteiger partial charge in [0.2, 0.25) is 11.9 Å². The Labute approximate surface area is 182 Å². The molecule has 2 saturated heterocycles. The highest BCUT2D eigenvalue weighted by atomic mass is 16.2. The van der Waals surface area contributed by atoms with Crippen molar-refractivity contribution in [2.75, 3.05) is 56.0 Å². The van der Waals surface area contributed by atoms with Gasteiger partial charge in [0.1, 0.15) is 0 Å². The second-order valence-corrected chi connectivity index (χ2v) is 7.94. The molecule has 0 aliphatic carbocycles. The van der Waals surface area contributed by atoms with Gasteiger partial charge < -0.3 is 20.4 Å². The molecule has 3 amide bonds. The van der Waals surface area contributed by atoms with Gasteiger partial charge >= 0.3 is 6.03 Å². The quantitative estimate of drug-likeness (QED) is 0.755. The molecule has 31 heavy (non-hydrogen) atoms. The van der Waals surface area contributed by atoms with E-state index in [0.29, 0.717) is 25.6 Å². The van der Waals surface area contributed by atoms with Gasteiger partial charge in [0.05, 0.1) is 6.54 Å². The van der Waals surface area contributed by atoms with Crippen LogP contribution in [0.1, 0.15) is 12.8 Å². The van der Waals surface area contributed by atoms with Gasteiger partial charge in [-0.1, -0.05) is 18.2 Å². The third-order valence-corrected chi connectivity index (χ3v) is 5.74. The lowest BCUT2D eigenvalue weighted by atomic mass is 10.1. The number of nitrogens with zero attached hydrogens (tertiary/aromatic N) is 5. The van der Waals surface area contributed by atoms with Gasteiger partial charge in [0, 0.05) is 63.4 Å². The Balaban J connectivity index is 1.15. The van der Waals surface area contributed by atoms with Crippen LogP contribution in [0, 0.1) is 0 Å². The number of hydrogen-bond acceptors (Lipinski definition) is 6. The number of benzene rings is 1. The highest BCUT2D eigenvalue weighted by molar-refractivity contribution is 5.92. The standard InChI is InChI=1S/C22H29N7O2/c30-20(25-18-5-2-1-3-6-18)17-27-11-7-19(8-12-27)26-22(31)29-15-13-28(14-16-29)21-23-9-4-10-24-21/h1-6,9-10,19H,7-8,11-17H2,(H,25,30)(H,26,31). The van der Waals surface area contributed by atoms with Gasteiger partial charge in [-0.25, -0.2) is 14.8 Å². The van der Waals surface area contributed by atoms with E-state index in [1.807, 2.05) is 35.2 Å². The molecule has 2 aliphatic rings. The molecular weight excluding hydrogens is 394 g/mol. The van der Waals surface area contributed by atoms with Crippen molar-refractivity contribution in [2.45, 2.75) is 18.9 Å². The molecule has 2 aliphatic heterocycles. The second-order valence-electron chi connectivity index (χ2n) is 7.94. The van der Waals surface area contributed by atoms with Gasteiger partial charge in [-0.2, -0.15) is 0 Å². The summed E-state index contributed by atoms with van der Waals surface area (Å²) in [5.41, 5.74) is 0.813. The van der Waals surface area contributed by atoms with E-state index >= 15 is 0 Å². The molecule has 164 valence electrons. The largest absolute Gasteiger partial charge is 0.337 e. The summed E-state index contributed by atoms with van der Waals surface area (Å²) in [5, 5.41) is 6.09. The summed E-state index contributed by atoms with van der Waals surface area (Å²) in [6.45, 7) is 4.74. The zero-order valence-electron chi connectivity index (χ0n) is 17.6. The molecule has 0 unspecified atom stereocenters. The second kappa shape index (κ2) is 10.2. The number of hydrogen-bond donors (Lipinski definition) is 2. The van der Waals surface area contributed by atoms with Gasteiger partial charge in [0.15, 0.2) is 0 Å². The number of likely N-dealkylation sites (tertiary alicyclic amines) is 1. The van der Waals surface area contributed by atoms with Crippen LogP contribution >= 0.6 is 0 Å². The SMILES string of the molecule is O=C(CN1CCC(NC(=O)N2CCN(c3ncccn3)CC2)CC1)Nc1ccccc1. The first kappa shape index (κ1) is 21.0. The lowest BCUT2D eigenvalue weighted by molar-refractivity contribution is -0.117. The van der Waals surface area contributed by atoms with Crippen molar-refractivity contribution in [3.05, 3.63) is 48.8 Å². The van der Waals surface area contributed by atoms with E-state index in [9.17, 15) is 9.59 Å². The van der Waals surface area contributed by atoms with Gasteiger partial charge in [-0.05, 0) is 31.0 Å². The van der Waals surface area contributed by atoms with Crippen LogP contribution in [0.2, 0.25) is 0 Å². The molecule has 2 aromatic rings. The van der Waals surface area contributed by atoms with E-state index in [1.54, 1.807) is 18.5 Å². The van der Waals surface area contributed by atoms with Gasteiger partial charge in [0.25, 0.3) is 0 Å². The maximum Gasteiger partial charge on any atom is 0.317 e. The minimum Gasteiger partial charge on any atom is -0.337 e. The Kier molecular flexibility index (Phi) is 6.93. The molecule has 2 fully saturated rings. The Bertz CT molecular complexity index is 849. The van der Waals surface area contributed by atoms with E-state index in [0.717, 1.165) is 44.7 Å². The summed E-state index contributed by atoms with van der Waals surface area (Å²) >= 11 is 0. The number of amides is 3. The lowest BCUT2D eigenvalue weighted by Gasteiger charge is -2.37. The van der Waals surface area contributed by atoms with E-state index < -0.39 is 0 Å². The Morgan fingerprint density at radius 2 is 1.58 bits per heavy atom.